The van der Waals surface area contributed by atoms with E-state index < -0.39 is 24.0 Å². The third-order valence-corrected chi connectivity index (χ3v) is 6.10. The van der Waals surface area contributed by atoms with Crippen LogP contribution in [-0.4, -0.2) is 30.4 Å². The fourth-order valence-corrected chi connectivity index (χ4v) is 4.68. The number of imide groups is 1. The summed E-state index contributed by atoms with van der Waals surface area (Å²) in [7, 11) is 0. The molecule has 2 aliphatic heterocycles. The number of para-hydroxylation sites is 3. The zero-order chi connectivity index (χ0) is 24.5. The van der Waals surface area contributed by atoms with Crippen LogP contribution in [0.1, 0.15) is 25.5 Å². The number of rotatable bonds is 6. The van der Waals surface area contributed by atoms with Gasteiger partial charge in [0.05, 0.1) is 24.0 Å². The second-order valence-corrected chi connectivity index (χ2v) is 8.37. The summed E-state index contributed by atoms with van der Waals surface area (Å²) in [5, 5.41) is 4.39. The first-order chi connectivity index (χ1) is 17.0. The highest BCUT2D eigenvalue weighted by molar-refractivity contribution is 6.24. The highest BCUT2D eigenvalue weighted by Crippen LogP contribution is 2.48. The molecule has 3 atom stereocenters. The van der Waals surface area contributed by atoms with Crippen LogP contribution in [0, 0.1) is 5.92 Å². The van der Waals surface area contributed by atoms with Gasteiger partial charge in [-0.05, 0) is 48.9 Å². The number of carbonyl (C=O) groups excluding carboxylic acids is 3. The Kier molecular flexibility index (Phi) is 5.96. The molecule has 2 heterocycles. The lowest BCUT2D eigenvalue weighted by Crippen LogP contribution is -2.37. The second kappa shape index (κ2) is 9.23. The number of ether oxygens (including phenoxy) is 1. The van der Waals surface area contributed by atoms with E-state index in [1.165, 1.54) is 11.8 Å². The first-order valence-corrected chi connectivity index (χ1v) is 11.5. The molecular formula is C27H25N3O5. The van der Waals surface area contributed by atoms with Crippen LogP contribution in [0.15, 0.2) is 78.9 Å². The molecule has 2 saturated heterocycles. The number of nitrogens with one attached hydrogen (secondary N) is 1. The van der Waals surface area contributed by atoms with Crippen molar-refractivity contribution >= 4 is 34.8 Å². The van der Waals surface area contributed by atoms with Crippen molar-refractivity contribution in [1.29, 1.82) is 0 Å². The lowest BCUT2D eigenvalue weighted by molar-refractivity contribution is -0.126. The van der Waals surface area contributed by atoms with Crippen molar-refractivity contribution < 1.29 is 24.0 Å². The first kappa shape index (κ1) is 22.6. The molecule has 0 spiro atoms. The maximum absolute atomic E-state index is 13.8. The van der Waals surface area contributed by atoms with Gasteiger partial charge < -0.3 is 10.1 Å². The third-order valence-electron chi connectivity index (χ3n) is 6.10. The van der Waals surface area contributed by atoms with Crippen LogP contribution in [0.5, 0.6) is 5.75 Å². The summed E-state index contributed by atoms with van der Waals surface area (Å²) in [5.41, 5.74) is 2.58. The summed E-state index contributed by atoms with van der Waals surface area (Å²) in [4.78, 5) is 46.1. The van der Waals surface area contributed by atoms with E-state index in [1.54, 1.807) is 41.5 Å². The van der Waals surface area contributed by atoms with Gasteiger partial charge in [-0.2, -0.15) is 0 Å². The molecule has 0 aromatic heterocycles. The van der Waals surface area contributed by atoms with Gasteiger partial charge in [-0.3, -0.25) is 19.2 Å². The lowest BCUT2D eigenvalue weighted by Gasteiger charge is -2.29. The molecule has 3 aromatic rings. The first-order valence-electron chi connectivity index (χ1n) is 11.5. The molecule has 1 N–H and O–H groups in total. The Morgan fingerprint density at radius 1 is 0.943 bits per heavy atom. The largest absolute Gasteiger partial charge is 0.492 e. The van der Waals surface area contributed by atoms with E-state index in [0.29, 0.717) is 23.7 Å². The number of hydroxylamine groups is 1. The molecule has 0 bridgehead atoms. The van der Waals surface area contributed by atoms with Crippen LogP contribution < -0.4 is 20.0 Å². The maximum atomic E-state index is 13.8. The van der Waals surface area contributed by atoms with Crippen molar-refractivity contribution in [3.05, 3.63) is 84.4 Å². The van der Waals surface area contributed by atoms with Gasteiger partial charge in [0.15, 0.2) is 6.10 Å². The fraction of sp³-hybridized carbons (Fsp3) is 0.222. The Bertz CT molecular complexity index is 1260. The second-order valence-electron chi connectivity index (χ2n) is 8.37. The average molecular weight is 472 g/mol. The summed E-state index contributed by atoms with van der Waals surface area (Å²) in [6.07, 6.45) is -0.975. The molecule has 3 aromatic carbocycles. The van der Waals surface area contributed by atoms with E-state index in [1.807, 2.05) is 49.4 Å². The molecule has 5 rings (SSSR count). The normalized spacial score (nSPS) is 21.3. The number of hydrogen-bond acceptors (Lipinski definition) is 6. The minimum absolute atomic E-state index is 0.173. The quantitative estimate of drug-likeness (QED) is 0.545. The lowest BCUT2D eigenvalue weighted by atomic mass is 9.90. The van der Waals surface area contributed by atoms with Crippen LogP contribution in [0.25, 0.3) is 0 Å². The summed E-state index contributed by atoms with van der Waals surface area (Å²) >= 11 is 0. The Balaban J connectivity index is 1.55. The van der Waals surface area contributed by atoms with Crippen molar-refractivity contribution in [2.75, 3.05) is 21.9 Å². The van der Waals surface area contributed by atoms with Gasteiger partial charge in [-0.25, -0.2) is 9.96 Å². The summed E-state index contributed by atoms with van der Waals surface area (Å²) in [6.45, 7) is 3.69. The Morgan fingerprint density at radius 2 is 1.63 bits per heavy atom. The number of benzene rings is 3. The van der Waals surface area contributed by atoms with Gasteiger partial charge in [0.2, 0.25) is 11.8 Å². The van der Waals surface area contributed by atoms with Crippen LogP contribution in [0.3, 0.4) is 0 Å². The van der Waals surface area contributed by atoms with Crippen LogP contribution in [0.2, 0.25) is 0 Å². The van der Waals surface area contributed by atoms with Crippen LogP contribution in [0.4, 0.5) is 17.1 Å². The number of carbonyl (C=O) groups is 3. The molecule has 0 saturated carbocycles. The Labute approximate surface area is 203 Å². The van der Waals surface area contributed by atoms with E-state index in [2.05, 4.69) is 5.32 Å². The molecule has 8 heteroatoms. The number of fused-ring (bicyclic) bond motifs is 1. The van der Waals surface area contributed by atoms with Crippen LogP contribution in [-0.2, 0) is 19.2 Å². The van der Waals surface area contributed by atoms with Gasteiger partial charge in [0.1, 0.15) is 11.7 Å². The maximum Gasteiger partial charge on any atom is 0.266 e. The molecular weight excluding hydrogens is 446 g/mol. The number of amides is 3. The highest BCUT2D eigenvalue weighted by Gasteiger charge is 2.60. The number of hydrogen-bond donors (Lipinski definition) is 1. The highest BCUT2D eigenvalue weighted by atomic mass is 16.7. The zero-order valence-corrected chi connectivity index (χ0v) is 19.4. The fourth-order valence-electron chi connectivity index (χ4n) is 4.68. The van der Waals surface area contributed by atoms with Crippen molar-refractivity contribution in [2.45, 2.75) is 26.0 Å². The molecule has 35 heavy (non-hydrogen) atoms. The van der Waals surface area contributed by atoms with Gasteiger partial charge in [-0.1, -0.05) is 42.5 Å². The monoisotopic (exact) mass is 471 g/mol. The third kappa shape index (κ3) is 4.02. The Hall–Kier alpha value is -4.17. The average Bonchev–Trinajstić information content (AvgIpc) is 3.36. The number of nitrogens with zero attached hydrogens (tertiary/aromatic N) is 2. The molecule has 3 unspecified atom stereocenters. The van der Waals surface area contributed by atoms with Crippen LogP contribution >= 0.6 is 0 Å². The van der Waals surface area contributed by atoms with Crippen molar-refractivity contribution in [1.82, 2.24) is 0 Å². The number of anilines is 3. The van der Waals surface area contributed by atoms with Gasteiger partial charge >= 0.3 is 0 Å². The van der Waals surface area contributed by atoms with Gasteiger partial charge in [0.25, 0.3) is 5.91 Å². The van der Waals surface area contributed by atoms with E-state index >= 15 is 0 Å². The van der Waals surface area contributed by atoms with Gasteiger partial charge in [-0.15, -0.1) is 0 Å². The molecule has 0 radical (unpaired) electrons. The van der Waals surface area contributed by atoms with E-state index in [0.717, 1.165) is 11.3 Å². The minimum atomic E-state index is -0.975. The summed E-state index contributed by atoms with van der Waals surface area (Å²) in [5.74, 6) is -1.24. The SMILES string of the molecule is CCOc1ccccc1N1C(=O)C2ON(c3ccccc3)C(c3ccc(NC(C)=O)cc3)C2C1=O. The topological polar surface area (TPSA) is 88.2 Å². The molecule has 178 valence electrons. The van der Waals surface area contributed by atoms with Crippen molar-refractivity contribution in [3.8, 4) is 5.75 Å². The smallest absolute Gasteiger partial charge is 0.266 e. The summed E-state index contributed by atoms with van der Waals surface area (Å²) < 4.78 is 5.68. The molecule has 2 fully saturated rings. The predicted octanol–water partition coefficient (Wildman–Crippen LogP) is 4.09. The zero-order valence-electron chi connectivity index (χ0n) is 19.4. The van der Waals surface area contributed by atoms with Gasteiger partial charge in [0, 0.05) is 12.6 Å². The Morgan fingerprint density at radius 3 is 2.31 bits per heavy atom. The van der Waals surface area contributed by atoms with E-state index in [-0.39, 0.29) is 11.8 Å². The minimum Gasteiger partial charge on any atom is -0.492 e. The predicted molar refractivity (Wildman–Crippen MR) is 131 cm³/mol. The van der Waals surface area contributed by atoms with Crippen molar-refractivity contribution in [3.63, 3.8) is 0 Å². The standard InChI is InChI=1S/C27H25N3O5/c1-3-34-22-12-8-7-11-21(22)29-26(32)23-24(18-13-15-19(16-14-18)28-17(2)31)30(35-25(23)27(29)33)20-9-5-4-6-10-20/h4-16,23-25H,3H2,1-2H3,(H,28,31). The molecule has 3 amide bonds. The molecule has 0 aliphatic carbocycles. The molecule has 8 nitrogen and oxygen atoms in total. The van der Waals surface area contributed by atoms with Crippen molar-refractivity contribution in [2.24, 2.45) is 5.92 Å². The van der Waals surface area contributed by atoms with E-state index in [9.17, 15) is 14.4 Å². The molecule has 2 aliphatic rings. The summed E-state index contributed by atoms with van der Waals surface area (Å²) in [6, 6.07) is 23.1. The van der Waals surface area contributed by atoms with E-state index in [4.69, 9.17) is 9.57 Å².